The largest absolute Gasteiger partial charge is 0.496 e. The minimum atomic E-state index is -0.452. The van der Waals surface area contributed by atoms with Gasteiger partial charge < -0.3 is 4.74 Å². The highest BCUT2D eigenvalue weighted by molar-refractivity contribution is 6.31. The third-order valence-electron chi connectivity index (χ3n) is 3.18. The Kier molecular flexibility index (Phi) is 4.27. The van der Waals surface area contributed by atoms with E-state index in [9.17, 15) is 9.59 Å². The van der Waals surface area contributed by atoms with Gasteiger partial charge in [-0.25, -0.2) is 0 Å². The zero-order valence-electron chi connectivity index (χ0n) is 10.5. The van der Waals surface area contributed by atoms with Crippen LogP contribution < -0.4 is 15.6 Å². The van der Waals surface area contributed by atoms with E-state index in [1.54, 1.807) is 12.1 Å². The van der Waals surface area contributed by atoms with E-state index in [4.69, 9.17) is 16.3 Å². The second kappa shape index (κ2) is 5.93. The quantitative estimate of drug-likeness (QED) is 0.832. The molecular formula is C13H15ClN2O3. The number of nitrogens with one attached hydrogen (secondary N) is 2. The summed E-state index contributed by atoms with van der Waals surface area (Å²) in [6.45, 7) is 0. The number of hydrogen-bond donors (Lipinski definition) is 2. The van der Waals surface area contributed by atoms with Gasteiger partial charge in [0.2, 0.25) is 5.91 Å². The van der Waals surface area contributed by atoms with Crippen LogP contribution in [0.4, 0.5) is 0 Å². The fraction of sp³-hybridized carbons (Fsp3) is 0.385. The lowest BCUT2D eigenvalue weighted by molar-refractivity contribution is -0.128. The predicted octanol–water partition coefficient (Wildman–Crippen LogP) is 1.91. The summed E-state index contributed by atoms with van der Waals surface area (Å²) in [6, 6.07) is 4.72. The lowest BCUT2D eigenvalue weighted by atomic mass is 9.85. The van der Waals surface area contributed by atoms with Crippen molar-refractivity contribution in [3.63, 3.8) is 0 Å². The Balaban J connectivity index is 1.99. The molecular weight excluding hydrogens is 268 g/mol. The van der Waals surface area contributed by atoms with Crippen molar-refractivity contribution in [3.8, 4) is 5.75 Å². The first-order valence-corrected chi connectivity index (χ1v) is 6.43. The summed E-state index contributed by atoms with van der Waals surface area (Å²) in [7, 11) is 1.47. The van der Waals surface area contributed by atoms with Crippen LogP contribution in [0.15, 0.2) is 18.2 Å². The molecule has 0 aliphatic heterocycles. The Bertz CT molecular complexity index is 501. The van der Waals surface area contributed by atoms with E-state index < -0.39 is 5.91 Å². The molecule has 2 rings (SSSR count). The summed E-state index contributed by atoms with van der Waals surface area (Å²) < 4.78 is 5.08. The van der Waals surface area contributed by atoms with E-state index in [1.165, 1.54) is 13.2 Å². The van der Waals surface area contributed by atoms with E-state index in [1.807, 2.05) is 0 Å². The molecule has 2 amide bonds. The topological polar surface area (TPSA) is 67.4 Å². The molecule has 0 atom stereocenters. The van der Waals surface area contributed by atoms with Crippen molar-refractivity contribution in [1.29, 1.82) is 0 Å². The summed E-state index contributed by atoms with van der Waals surface area (Å²) in [5.74, 6) is -0.186. The summed E-state index contributed by atoms with van der Waals surface area (Å²) >= 11 is 5.84. The fourth-order valence-corrected chi connectivity index (χ4v) is 1.99. The average molecular weight is 283 g/mol. The number of methoxy groups -OCH3 is 1. The van der Waals surface area contributed by atoms with Crippen LogP contribution in [-0.4, -0.2) is 18.9 Å². The highest BCUT2D eigenvalue weighted by atomic mass is 35.5. The molecule has 1 aromatic carbocycles. The molecule has 1 aromatic rings. The highest BCUT2D eigenvalue weighted by Gasteiger charge is 2.25. The lowest BCUT2D eigenvalue weighted by Crippen LogP contribution is -2.46. The molecule has 1 fully saturated rings. The van der Waals surface area contributed by atoms with Gasteiger partial charge in [-0.2, -0.15) is 0 Å². The molecule has 0 saturated heterocycles. The smallest absolute Gasteiger partial charge is 0.273 e. The second-order valence-electron chi connectivity index (χ2n) is 4.42. The van der Waals surface area contributed by atoms with Crippen LogP contribution in [0.3, 0.4) is 0 Å². The molecule has 0 spiro atoms. The maximum atomic E-state index is 11.9. The number of ether oxygens (including phenoxy) is 1. The van der Waals surface area contributed by atoms with E-state index in [0.717, 1.165) is 19.3 Å². The SMILES string of the molecule is COc1ccc(Cl)cc1C(=O)NNC(=O)C1CCC1. The van der Waals surface area contributed by atoms with Gasteiger partial charge in [0.15, 0.2) is 0 Å². The molecule has 102 valence electrons. The first-order valence-electron chi connectivity index (χ1n) is 6.05. The van der Waals surface area contributed by atoms with Crippen LogP contribution in [-0.2, 0) is 4.79 Å². The van der Waals surface area contributed by atoms with E-state index >= 15 is 0 Å². The molecule has 1 aliphatic carbocycles. The molecule has 5 nitrogen and oxygen atoms in total. The number of halogens is 1. The normalized spacial score (nSPS) is 14.4. The third kappa shape index (κ3) is 3.17. The monoisotopic (exact) mass is 282 g/mol. The third-order valence-corrected chi connectivity index (χ3v) is 3.42. The number of amides is 2. The van der Waals surface area contributed by atoms with Gasteiger partial charge in [-0.05, 0) is 31.0 Å². The number of carbonyl (C=O) groups is 2. The van der Waals surface area contributed by atoms with Gasteiger partial charge in [0, 0.05) is 10.9 Å². The van der Waals surface area contributed by atoms with Gasteiger partial charge in [-0.3, -0.25) is 20.4 Å². The van der Waals surface area contributed by atoms with Crippen LogP contribution in [0.2, 0.25) is 5.02 Å². The first-order chi connectivity index (χ1) is 9.11. The summed E-state index contributed by atoms with van der Waals surface area (Å²) in [4.78, 5) is 23.5. The van der Waals surface area contributed by atoms with E-state index in [0.29, 0.717) is 10.8 Å². The number of benzene rings is 1. The Morgan fingerprint density at radius 3 is 2.63 bits per heavy atom. The van der Waals surface area contributed by atoms with Crippen molar-refractivity contribution in [2.45, 2.75) is 19.3 Å². The lowest BCUT2D eigenvalue weighted by Gasteiger charge is -2.24. The summed E-state index contributed by atoms with van der Waals surface area (Å²) in [6.07, 6.45) is 2.82. The molecule has 6 heteroatoms. The maximum Gasteiger partial charge on any atom is 0.273 e. The maximum absolute atomic E-state index is 11.9. The zero-order valence-corrected chi connectivity index (χ0v) is 11.3. The van der Waals surface area contributed by atoms with E-state index in [-0.39, 0.29) is 17.4 Å². The Hall–Kier alpha value is -1.75. The minimum absolute atomic E-state index is 0.0153. The molecule has 2 N–H and O–H groups in total. The minimum Gasteiger partial charge on any atom is -0.496 e. The van der Waals surface area contributed by atoms with Gasteiger partial charge in [0.25, 0.3) is 5.91 Å². The van der Waals surface area contributed by atoms with Crippen LogP contribution in [0.5, 0.6) is 5.75 Å². The standard InChI is InChI=1S/C13H15ClN2O3/c1-19-11-6-5-9(14)7-10(11)13(18)16-15-12(17)8-3-2-4-8/h5-8H,2-4H2,1H3,(H,15,17)(H,16,18). The Labute approximate surface area is 116 Å². The van der Waals surface area contributed by atoms with Crippen molar-refractivity contribution < 1.29 is 14.3 Å². The zero-order chi connectivity index (χ0) is 13.8. The Morgan fingerprint density at radius 1 is 1.32 bits per heavy atom. The molecule has 19 heavy (non-hydrogen) atoms. The predicted molar refractivity (Wildman–Crippen MR) is 71.0 cm³/mol. The van der Waals surface area contributed by atoms with Crippen LogP contribution >= 0.6 is 11.6 Å². The van der Waals surface area contributed by atoms with Gasteiger partial charge in [-0.1, -0.05) is 18.0 Å². The highest BCUT2D eigenvalue weighted by Crippen LogP contribution is 2.26. The second-order valence-corrected chi connectivity index (χ2v) is 4.85. The van der Waals surface area contributed by atoms with Crippen molar-refractivity contribution in [2.24, 2.45) is 5.92 Å². The van der Waals surface area contributed by atoms with Gasteiger partial charge in [0.1, 0.15) is 5.75 Å². The van der Waals surface area contributed by atoms with Crippen LogP contribution in [0.1, 0.15) is 29.6 Å². The molecule has 0 bridgehead atoms. The molecule has 1 saturated carbocycles. The van der Waals surface area contributed by atoms with Crippen molar-refractivity contribution in [2.75, 3.05) is 7.11 Å². The van der Waals surface area contributed by atoms with Crippen molar-refractivity contribution in [3.05, 3.63) is 28.8 Å². The van der Waals surface area contributed by atoms with Gasteiger partial charge in [0.05, 0.1) is 12.7 Å². The summed E-state index contributed by atoms with van der Waals surface area (Å²) in [5, 5.41) is 0.427. The van der Waals surface area contributed by atoms with Crippen LogP contribution in [0, 0.1) is 5.92 Å². The van der Waals surface area contributed by atoms with Crippen molar-refractivity contribution in [1.82, 2.24) is 10.9 Å². The van der Waals surface area contributed by atoms with Gasteiger partial charge in [-0.15, -0.1) is 0 Å². The number of hydrogen-bond acceptors (Lipinski definition) is 3. The fourth-order valence-electron chi connectivity index (χ4n) is 1.82. The summed E-state index contributed by atoms with van der Waals surface area (Å²) in [5.41, 5.74) is 5.07. The number of rotatable bonds is 3. The molecule has 0 aromatic heterocycles. The molecule has 0 heterocycles. The molecule has 1 aliphatic rings. The van der Waals surface area contributed by atoms with Crippen LogP contribution in [0.25, 0.3) is 0 Å². The average Bonchev–Trinajstić information content (AvgIpc) is 2.33. The van der Waals surface area contributed by atoms with E-state index in [2.05, 4.69) is 10.9 Å². The first kappa shape index (κ1) is 13.7. The molecule has 0 unspecified atom stereocenters. The number of carbonyl (C=O) groups excluding carboxylic acids is 2. The van der Waals surface area contributed by atoms with Gasteiger partial charge >= 0.3 is 0 Å². The number of hydrazine groups is 1. The molecule has 0 radical (unpaired) electrons. The van der Waals surface area contributed by atoms with Crippen molar-refractivity contribution >= 4 is 23.4 Å². The Morgan fingerprint density at radius 2 is 2.05 bits per heavy atom.